The molecule has 0 radical (unpaired) electrons. The van der Waals surface area contributed by atoms with Crippen molar-refractivity contribution < 1.29 is 0 Å². The molecule has 0 bridgehead atoms. The van der Waals surface area contributed by atoms with Crippen LogP contribution in [0, 0.1) is 6.92 Å². The number of alkyl halides is 1. The van der Waals surface area contributed by atoms with Gasteiger partial charge in [-0.05, 0) is 31.4 Å². The maximum absolute atomic E-state index is 6.02. The Balaban J connectivity index is 2.22. The molecule has 1 aliphatic carbocycles. The Morgan fingerprint density at radius 3 is 2.88 bits per heavy atom. The van der Waals surface area contributed by atoms with Crippen LogP contribution in [-0.4, -0.2) is 14.5 Å². The Labute approximate surface area is 106 Å². The van der Waals surface area contributed by atoms with Gasteiger partial charge in [0, 0.05) is 12.2 Å². The minimum atomic E-state index is 0.465. The summed E-state index contributed by atoms with van der Waals surface area (Å²) in [5.41, 5.74) is 3.20. The Bertz CT molecular complexity index is 541. The molecule has 0 N–H and O–H groups in total. The van der Waals surface area contributed by atoms with Gasteiger partial charge in [-0.2, -0.15) is 0 Å². The van der Waals surface area contributed by atoms with Crippen molar-refractivity contribution in [3.63, 3.8) is 0 Å². The highest BCUT2D eigenvalue weighted by atomic mass is 35.5. The largest absolute Gasteiger partial charge is 0.309 e. The van der Waals surface area contributed by atoms with Crippen LogP contribution in [0.5, 0.6) is 0 Å². The van der Waals surface area contributed by atoms with Crippen molar-refractivity contribution in [1.82, 2.24) is 14.5 Å². The van der Waals surface area contributed by atoms with Crippen LogP contribution in [-0.2, 0) is 5.88 Å². The number of nitrogens with zero attached hydrogens (tertiary/aromatic N) is 3. The van der Waals surface area contributed by atoms with E-state index >= 15 is 0 Å². The van der Waals surface area contributed by atoms with Crippen LogP contribution in [0.1, 0.15) is 43.1 Å². The van der Waals surface area contributed by atoms with E-state index in [1.165, 1.54) is 31.2 Å². The molecule has 90 valence electrons. The predicted octanol–water partition coefficient (Wildman–Crippen LogP) is 3.59. The zero-order valence-electron chi connectivity index (χ0n) is 9.99. The summed E-state index contributed by atoms with van der Waals surface area (Å²) >= 11 is 6.02. The molecule has 3 rings (SSSR count). The summed E-state index contributed by atoms with van der Waals surface area (Å²) in [4.78, 5) is 9.14. The lowest BCUT2D eigenvalue weighted by molar-refractivity contribution is 0.515. The molecule has 0 amide bonds. The van der Waals surface area contributed by atoms with E-state index in [-0.39, 0.29) is 0 Å². The summed E-state index contributed by atoms with van der Waals surface area (Å²) in [5.74, 6) is 1.43. The van der Waals surface area contributed by atoms with Crippen molar-refractivity contribution in [3.05, 3.63) is 23.7 Å². The molecule has 0 spiro atoms. The van der Waals surface area contributed by atoms with Crippen LogP contribution in [0.4, 0.5) is 0 Å². The van der Waals surface area contributed by atoms with Gasteiger partial charge >= 0.3 is 0 Å². The number of aromatic nitrogens is 3. The second-order valence-corrected chi connectivity index (χ2v) is 5.04. The average Bonchev–Trinajstić information content (AvgIpc) is 2.94. The van der Waals surface area contributed by atoms with Crippen LogP contribution in [0.25, 0.3) is 11.2 Å². The van der Waals surface area contributed by atoms with E-state index in [4.69, 9.17) is 11.6 Å². The first-order chi connectivity index (χ1) is 8.31. The SMILES string of the molecule is Cc1ccnc2c1nc(CCl)n2C1CCCC1. The van der Waals surface area contributed by atoms with Gasteiger partial charge in [-0.25, -0.2) is 9.97 Å². The number of aryl methyl sites for hydroxylation is 1. The van der Waals surface area contributed by atoms with Crippen LogP contribution < -0.4 is 0 Å². The standard InChI is InChI=1S/C13H16ClN3/c1-9-6-7-15-13-12(9)16-11(8-14)17(13)10-4-2-3-5-10/h6-7,10H,2-5,8H2,1H3. The summed E-state index contributed by atoms with van der Waals surface area (Å²) < 4.78 is 2.27. The molecule has 0 saturated heterocycles. The maximum atomic E-state index is 6.02. The Hall–Kier alpha value is -1.09. The van der Waals surface area contributed by atoms with Crippen LogP contribution in [0.2, 0.25) is 0 Å². The number of hydrogen-bond donors (Lipinski definition) is 0. The minimum Gasteiger partial charge on any atom is -0.309 e. The summed E-state index contributed by atoms with van der Waals surface area (Å²) in [6, 6.07) is 2.55. The lowest BCUT2D eigenvalue weighted by Gasteiger charge is -2.14. The van der Waals surface area contributed by atoms with Crippen molar-refractivity contribution in [2.75, 3.05) is 0 Å². The smallest absolute Gasteiger partial charge is 0.160 e. The normalized spacial score (nSPS) is 17.1. The molecule has 0 aliphatic heterocycles. The highest BCUT2D eigenvalue weighted by Crippen LogP contribution is 2.33. The molecular weight excluding hydrogens is 234 g/mol. The van der Waals surface area contributed by atoms with Gasteiger partial charge in [0.25, 0.3) is 0 Å². The Morgan fingerprint density at radius 2 is 2.18 bits per heavy atom. The third-order valence-electron chi connectivity index (χ3n) is 3.66. The molecule has 4 heteroatoms. The monoisotopic (exact) mass is 249 g/mol. The van der Waals surface area contributed by atoms with Gasteiger partial charge in [0.1, 0.15) is 11.3 Å². The van der Waals surface area contributed by atoms with Gasteiger partial charge in [-0.15, -0.1) is 11.6 Å². The van der Waals surface area contributed by atoms with Crippen molar-refractivity contribution in [2.45, 2.75) is 44.5 Å². The summed E-state index contributed by atoms with van der Waals surface area (Å²) in [6.07, 6.45) is 6.93. The topological polar surface area (TPSA) is 30.7 Å². The predicted molar refractivity (Wildman–Crippen MR) is 69.3 cm³/mol. The number of hydrogen-bond acceptors (Lipinski definition) is 2. The van der Waals surface area contributed by atoms with Gasteiger partial charge in [-0.1, -0.05) is 12.8 Å². The molecule has 2 aromatic heterocycles. The quantitative estimate of drug-likeness (QED) is 0.762. The second-order valence-electron chi connectivity index (χ2n) is 4.77. The number of fused-ring (bicyclic) bond motifs is 1. The van der Waals surface area contributed by atoms with E-state index in [0.717, 1.165) is 17.0 Å². The highest BCUT2D eigenvalue weighted by Gasteiger charge is 2.23. The minimum absolute atomic E-state index is 0.465. The van der Waals surface area contributed by atoms with Crippen LogP contribution >= 0.6 is 11.6 Å². The number of rotatable bonds is 2. The fourth-order valence-electron chi connectivity index (χ4n) is 2.80. The molecule has 1 fully saturated rings. The molecule has 0 unspecified atom stereocenters. The molecule has 3 nitrogen and oxygen atoms in total. The van der Waals surface area contributed by atoms with Crippen molar-refractivity contribution in [1.29, 1.82) is 0 Å². The summed E-state index contributed by atoms with van der Waals surface area (Å²) in [5, 5.41) is 0. The van der Waals surface area contributed by atoms with E-state index < -0.39 is 0 Å². The first-order valence-electron chi connectivity index (χ1n) is 6.19. The van der Waals surface area contributed by atoms with Crippen LogP contribution in [0.15, 0.2) is 12.3 Å². The van der Waals surface area contributed by atoms with E-state index in [2.05, 4.69) is 21.5 Å². The maximum Gasteiger partial charge on any atom is 0.160 e. The second kappa shape index (κ2) is 4.30. The molecule has 0 atom stereocenters. The van der Waals surface area contributed by atoms with Gasteiger partial charge in [-0.3, -0.25) is 0 Å². The third kappa shape index (κ3) is 1.73. The van der Waals surface area contributed by atoms with Gasteiger partial charge < -0.3 is 4.57 Å². The Kier molecular flexibility index (Phi) is 2.79. The third-order valence-corrected chi connectivity index (χ3v) is 3.90. The lowest BCUT2D eigenvalue weighted by Crippen LogP contribution is -2.08. The fraction of sp³-hybridized carbons (Fsp3) is 0.538. The van der Waals surface area contributed by atoms with Crippen molar-refractivity contribution >= 4 is 22.8 Å². The van der Waals surface area contributed by atoms with Gasteiger partial charge in [0.05, 0.1) is 5.88 Å². The molecule has 1 aliphatic rings. The number of halogens is 1. The molecule has 0 aromatic carbocycles. The molecule has 2 heterocycles. The lowest BCUT2D eigenvalue weighted by atomic mass is 10.2. The molecule has 1 saturated carbocycles. The van der Waals surface area contributed by atoms with Crippen LogP contribution in [0.3, 0.4) is 0 Å². The summed E-state index contributed by atoms with van der Waals surface area (Å²) in [6.45, 7) is 2.08. The van der Waals surface area contributed by atoms with Crippen molar-refractivity contribution in [2.24, 2.45) is 0 Å². The molecule has 2 aromatic rings. The fourth-order valence-corrected chi connectivity index (χ4v) is 2.98. The zero-order chi connectivity index (χ0) is 11.8. The Morgan fingerprint density at radius 1 is 1.41 bits per heavy atom. The first kappa shape index (κ1) is 11.0. The van der Waals surface area contributed by atoms with Gasteiger partial charge in [0.2, 0.25) is 0 Å². The number of imidazole rings is 1. The molecule has 17 heavy (non-hydrogen) atoms. The summed E-state index contributed by atoms with van der Waals surface area (Å²) in [7, 11) is 0. The van der Waals surface area contributed by atoms with Crippen molar-refractivity contribution in [3.8, 4) is 0 Å². The van der Waals surface area contributed by atoms with Gasteiger partial charge in [0.15, 0.2) is 5.65 Å². The highest BCUT2D eigenvalue weighted by molar-refractivity contribution is 6.16. The zero-order valence-corrected chi connectivity index (χ0v) is 10.7. The van der Waals surface area contributed by atoms with E-state index in [1.54, 1.807) is 0 Å². The van der Waals surface area contributed by atoms with E-state index in [9.17, 15) is 0 Å². The average molecular weight is 250 g/mol. The van der Waals surface area contributed by atoms with E-state index in [1.807, 2.05) is 12.3 Å². The van der Waals surface area contributed by atoms with E-state index in [0.29, 0.717) is 11.9 Å². The first-order valence-corrected chi connectivity index (χ1v) is 6.73. The number of pyridine rings is 1. The molecular formula is C13H16ClN3.